The zero-order valence-corrected chi connectivity index (χ0v) is 73.6. The molecule has 2 unspecified atom stereocenters. The highest BCUT2D eigenvalue weighted by atomic mass is 32.2. The number of benzene rings is 3. The van der Waals surface area contributed by atoms with Crippen LogP contribution in [0, 0.1) is 5.92 Å². The molecule has 22 N–H and O–H groups in total. The number of primary amides is 3. The maximum Gasteiger partial charge on any atom is 0.246 e. The molecule has 0 saturated carbocycles. The highest BCUT2D eigenvalue weighted by Gasteiger charge is 2.46. The lowest BCUT2D eigenvalue weighted by Crippen LogP contribution is -2.61. The van der Waals surface area contributed by atoms with Crippen LogP contribution in [0.1, 0.15) is 147 Å². The molecule has 4 saturated heterocycles. The van der Waals surface area contributed by atoms with Crippen molar-refractivity contribution >= 4 is 140 Å². The number of aromatic nitrogens is 2. The Labute approximate surface area is 744 Å². The van der Waals surface area contributed by atoms with Crippen molar-refractivity contribution in [2.75, 3.05) is 64.9 Å². The van der Waals surface area contributed by atoms with Gasteiger partial charge in [0, 0.05) is 118 Å². The van der Waals surface area contributed by atoms with Crippen molar-refractivity contribution in [1.29, 1.82) is 0 Å². The lowest BCUT2D eigenvalue weighted by Gasteiger charge is -2.36. The molecule has 17 amide bonds. The molecule has 9 rings (SSSR count). The van der Waals surface area contributed by atoms with Crippen LogP contribution in [0.5, 0.6) is 5.75 Å². The molecule has 4 fully saturated rings. The van der Waals surface area contributed by atoms with Crippen molar-refractivity contribution in [3.05, 3.63) is 102 Å². The van der Waals surface area contributed by atoms with Gasteiger partial charge in [0.15, 0.2) is 5.78 Å². The van der Waals surface area contributed by atoms with Gasteiger partial charge in [-0.3, -0.25) is 86.3 Å². The van der Waals surface area contributed by atoms with Gasteiger partial charge in [-0.05, 0) is 119 Å². The highest BCUT2D eigenvalue weighted by Crippen LogP contribution is 2.29. The summed E-state index contributed by atoms with van der Waals surface area (Å²) in [4.78, 5) is 272. The lowest BCUT2D eigenvalue weighted by molar-refractivity contribution is -0.149. The predicted molar refractivity (Wildman–Crippen MR) is 471 cm³/mol. The number of aromatic hydroxyl groups is 1. The SMILES string of the molecule is CCCC[C@@H]1C(=O)N(C)[C@H](CCCC)C(=O)N[C@@H](C)C(=O)N[C@@H](C(=O)NCC(N)=O)CSCC(=O)N[C@@H](Cc2ccc(O)cc2)C(=O)N2CCCC2C(=O)N[C@H](CC(N)=O)C(=O)N2CCC[C@H]2C(=O)N[C@H](CN)C(=O)N[C@@H](CCC(N)=O)C(=O)N2CCCC2C(=O)N[C@H](Cc2c[nH]c3ccccc23)C(=O)C[C@@H](CCN)C(=O)N[C@@H](Cc2c[nH]c3ccccc23)C(=O)N1C. The number of nitrogens with zero attached hydrogens (tertiary/aromatic N) is 5. The van der Waals surface area contributed by atoms with E-state index in [1.54, 1.807) is 48.8 Å². The van der Waals surface area contributed by atoms with E-state index in [-0.39, 0.29) is 115 Å². The van der Waals surface area contributed by atoms with Crippen molar-refractivity contribution in [3.8, 4) is 5.75 Å². The zero-order valence-electron chi connectivity index (χ0n) is 72.8. The van der Waals surface area contributed by atoms with Gasteiger partial charge in [-0.25, -0.2) is 0 Å². The number of rotatable bonds is 23. The fraction of sp³-hybridized carbons (Fsp3) is 0.540. The number of carbonyl (C=O) groups excluding carboxylic acids is 18. The van der Waals surface area contributed by atoms with Crippen LogP contribution in [0.2, 0.25) is 0 Å². The minimum Gasteiger partial charge on any atom is -0.508 e. The van der Waals surface area contributed by atoms with Crippen LogP contribution in [0.15, 0.2) is 85.2 Å². The maximum atomic E-state index is 15.7. The summed E-state index contributed by atoms with van der Waals surface area (Å²) in [7, 11) is 2.79. The van der Waals surface area contributed by atoms with E-state index in [0.29, 0.717) is 64.2 Å². The number of amides is 17. The van der Waals surface area contributed by atoms with E-state index in [2.05, 4.69) is 57.8 Å². The number of unbranched alkanes of at least 4 members (excludes halogenated alkanes) is 2. The number of H-pyrrole nitrogens is 2. The van der Waals surface area contributed by atoms with Gasteiger partial charge in [0.05, 0.1) is 24.8 Å². The summed E-state index contributed by atoms with van der Waals surface area (Å²) in [6.45, 7) is 3.38. The van der Waals surface area contributed by atoms with E-state index in [4.69, 9.17) is 28.7 Å². The summed E-state index contributed by atoms with van der Waals surface area (Å²) in [5, 5.41) is 35.4. The van der Waals surface area contributed by atoms with E-state index in [1.165, 1.54) is 64.9 Å². The van der Waals surface area contributed by atoms with Crippen LogP contribution < -0.4 is 76.5 Å². The first-order valence-corrected chi connectivity index (χ1v) is 44.7. The molecule has 0 spiro atoms. The number of carbonyl (C=O) groups is 18. The summed E-state index contributed by atoms with van der Waals surface area (Å²) < 4.78 is 0. The molecule has 6 heterocycles. The molecule has 128 heavy (non-hydrogen) atoms. The van der Waals surface area contributed by atoms with E-state index in [0.717, 1.165) is 16.7 Å². The van der Waals surface area contributed by atoms with Crippen molar-refractivity contribution in [3.63, 3.8) is 0 Å². The molecule has 5 aromatic rings. The van der Waals surface area contributed by atoms with Crippen molar-refractivity contribution in [2.45, 2.75) is 228 Å². The number of likely N-dealkylation sites (N-methyl/N-ethyl adjacent to an activating group) is 2. The van der Waals surface area contributed by atoms with Gasteiger partial charge >= 0.3 is 0 Å². The Morgan fingerprint density at radius 1 is 0.492 bits per heavy atom. The molecule has 14 atom stereocenters. The number of Topliss-reactive ketones (excluding diaryl/α,β-unsaturated/α-hetero) is 1. The number of para-hydroxylation sites is 2. The number of thioether (sulfide) groups is 1. The number of hydrogen-bond acceptors (Lipinski definition) is 22. The third-order valence-electron chi connectivity index (χ3n) is 23.8. The normalized spacial score (nSPS) is 25.4. The molecule has 0 radical (unpaired) electrons. The molecule has 2 aromatic heterocycles. The van der Waals surface area contributed by atoms with Crippen LogP contribution in [0.3, 0.4) is 0 Å². The number of nitrogens with one attached hydrogen (secondary N) is 11. The Morgan fingerprint density at radius 3 is 1.52 bits per heavy atom. The molecular formula is C87H121N21O19S. The topological polar surface area (TPSA) is 614 Å². The molecule has 41 heteroatoms. The number of nitrogens with two attached hydrogens (primary N) is 5. The van der Waals surface area contributed by atoms with E-state index < -0.39 is 235 Å². The number of fused-ring (bicyclic) bond motifs is 5. The van der Waals surface area contributed by atoms with E-state index in [1.807, 2.05) is 26.0 Å². The number of phenols is 1. The number of ketones is 1. The third kappa shape index (κ3) is 26.6. The zero-order chi connectivity index (χ0) is 93.2. The summed E-state index contributed by atoms with van der Waals surface area (Å²) in [6, 6.07) is 1.18. The van der Waals surface area contributed by atoms with Crippen LogP contribution in [0.25, 0.3) is 21.8 Å². The summed E-state index contributed by atoms with van der Waals surface area (Å²) >= 11 is 0.803. The minimum atomic E-state index is -1.74. The molecule has 694 valence electrons. The summed E-state index contributed by atoms with van der Waals surface area (Å²) in [6.07, 6.45) is 3.05. The summed E-state index contributed by atoms with van der Waals surface area (Å²) in [5.74, 6) is -17.8. The second-order valence-corrected chi connectivity index (χ2v) is 34.1. The van der Waals surface area contributed by atoms with Gasteiger partial charge in [0.1, 0.15) is 78.3 Å². The van der Waals surface area contributed by atoms with Gasteiger partial charge in [0.25, 0.3) is 0 Å². The number of aromatic amines is 2. The van der Waals surface area contributed by atoms with Crippen LogP contribution in [0.4, 0.5) is 0 Å². The third-order valence-corrected chi connectivity index (χ3v) is 24.8. The average Bonchev–Trinajstić information content (AvgIpc) is 1.75. The standard InChI is InChI=1S/C87H121N21O19S/c1-6-8-21-65-79(119)96-48(3)75(115)103-64(77(117)95-45-73(92)113)46-128-47-74(114)97-60(37-49-26-28-53(109)29-27-49)85(125)107-35-15-24-67(107)81(121)101-62(41-72(91)112)86(126)108-36-16-25-68(108)82(122)102-63(42-89)78(118)98-58(30-31-71(90)111)84(124)106-34-14-23-66(106)80(120)99-59(38-51-43-93-56-19-12-10-17-54(51)56)70(110)40-50(32-33-88)76(116)100-61(39-52-44-94-57-20-13-11-18-55(52)57)83(123)105(5)69(22-9-7-2)87(127)104(65)4/h10-13,17-20,26-29,43-44,48,50,58-69,93-94,109H,6-9,14-16,21-25,30-42,45-47,88-89H2,1-5H3,(H2,90,111)(H2,91,112)(H2,92,113)(H,95,117)(H,96,119)(H,97,114)(H,98,118)(H,99,120)(H,100,116)(H,101,121)(H,102,122)(H,103,115)/t48-,50+,58-,59+,60-,61-,62+,63+,64+,65+,66?,67?,68-,69+/m0/s1. The van der Waals surface area contributed by atoms with E-state index in [9.17, 15) is 62.6 Å². The largest absolute Gasteiger partial charge is 0.508 e. The fourth-order valence-electron chi connectivity index (χ4n) is 16.7. The molecule has 4 aliphatic heterocycles. The Morgan fingerprint density at radius 2 is 0.984 bits per heavy atom. The molecule has 4 aliphatic rings. The van der Waals surface area contributed by atoms with Crippen molar-refractivity contribution < 1.29 is 91.4 Å². The summed E-state index contributed by atoms with van der Waals surface area (Å²) in [5.41, 5.74) is 32.2. The molecule has 0 bridgehead atoms. The first-order chi connectivity index (χ1) is 61.1. The van der Waals surface area contributed by atoms with E-state index >= 15 is 28.8 Å². The average molecular weight is 1800 g/mol. The van der Waals surface area contributed by atoms with Crippen molar-refractivity contribution in [1.82, 2.24) is 82.3 Å². The van der Waals surface area contributed by atoms with Crippen LogP contribution >= 0.6 is 11.8 Å². The van der Waals surface area contributed by atoms with Gasteiger partial charge in [-0.1, -0.05) is 88.1 Å². The van der Waals surface area contributed by atoms with Crippen molar-refractivity contribution in [2.24, 2.45) is 34.6 Å². The number of hydrogen-bond donors (Lipinski definition) is 17. The molecule has 40 nitrogen and oxygen atoms in total. The Bertz CT molecular complexity index is 4870. The Hall–Kier alpha value is -12.5. The number of phenolic OH excluding ortho intramolecular Hbond substituents is 1. The van der Waals surface area contributed by atoms with Gasteiger partial charge in [0.2, 0.25) is 100 Å². The lowest BCUT2D eigenvalue weighted by atomic mass is 9.91. The fourth-order valence-corrected chi connectivity index (χ4v) is 17.6. The quantitative estimate of drug-likeness (QED) is 0.0326. The van der Waals surface area contributed by atoms with Crippen LogP contribution in [-0.4, -0.2) is 289 Å². The predicted octanol–water partition coefficient (Wildman–Crippen LogP) is -2.34. The minimum absolute atomic E-state index is 0.0129. The smallest absolute Gasteiger partial charge is 0.246 e. The Balaban J connectivity index is 1.07. The Kier molecular flexibility index (Phi) is 36.7. The molecule has 3 aromatic carbocycles. The first kappa shape index (κ1) is 99.2. The molecule has 0 aliphatic carbocycles. The second-order valence-electron chi connectivity index (χ2n) is 33.1. The van der Waals surface area contributed by atoms with Gasteiger partial charge < -0.3 is 116 Å². The monoisotopic (exact) mass is 1800 g/mol. The van der Waals surface area contributed by atoms with Crippen LogP contribution in [-0.2, 0) is 106 Å². The highest BCUT2D eigenvalue weighted by molar-refractivity contribution is 8.00. The first-order valence-electron chi connectivity index (χ1n) is 43.5. The van der Waals surface area contributed by atoms with Gasteiger partial charge in [-0.15, -0.1) is 11.8 Å². The maximum absolute atomic E-state index is 15.7. The van der Waals surface area contributed by atoms with Gasteiger partial charge in [-0.2, -0.15) is 0 Å². The molecular weight excluding hydrogens is 1680 g/mol. The second kappa shape index (κ2) is 47.3.